The maximum atomic E-state index is 12.6. The fourth-order valence-electron chi connectivity index (χ4n) is 3.10. The standard InChI is InChI=1S/C18H25ClN2O7S2/c1-3-4-8-21(14-7-9-29(24,25)12-14)17(22)11-28-18(23)13-5-6-15(19)16(10-13)30(26,27)20-2/h5-6,10,14,20H,3-4,7-9,11-12H2,1-2H3. The molecule has 0 aromatic heterocycles. The quantitative estimate of drug-likeness (QED) is 0.526. The molecule has 168 valence electrons. The summed E-state index contributed by atoms with van der Waals surface area (Å²) in [6, 6.07) is 3.18. The number of carbonyl (C=O) groups excluding carboxylic acids is 2. The first-order valence-electron chi connectivity index (χ1n) is 9.41. The molecule has 9 nitrogen and oxygen atoms in total. The molecule has 1 unspecified atom stereocenters. The third kappa shape index (κ3) is 6.16. The predicted octanol–water partition coefficient (Wildman–Crippen LogP) is 1.22. The zero-order valence-electron chi connectivity index (χ0n) is 16.8. The van der Waals surface area contributed by atoms with E-state index in [4.69, 9.17) is 16.3 Å². The zero-order chi connectivity index (χ0) is 22.5. The first-order chi connectivity index (χ1) is 14.0. The minimum Gasteiger partial charge on any atom is -0.452 e. The van der Waals surface area contributed by atoms with Crippen LogP contribution in [0.2, 0.25) is 5.02 Å². The van der Waals surface area contributed by atoms with Gasteiger partial charge in [-0.1, -0.05) is 24.9 Å². The number of rotatable bonds is 9. The van der Waals surface area contributed by atoms with E-state index in [1.54, 1.807) is 0 Å². The van der Waals surface area contributed by atoms with Gasteiger partial charge < -0.3 is 9.64 Å². The Hall–Kier alpha value is -1.69. The normalized spacial score (nSPS) is 18.2. The number of sulfonamides is 1. The van der Waals surface area contributed by atoms with Crippen molar-refractivity contribution < 1.29 is 31.2 Å². The van der Waals surface area contributed by atoms with E-state index in [2.05, 4.69) is 4.72 Å². The van der Waals surface area contributed by atoms with Crippen LogP contribution in [0.4, 0.5) is 0 Å². The molecule has 1 amide bonds. The molecule has 1 saturated heterocycles. The van der Waals surface area contributed by atoms with Gasteiger partial charge in [0.25, 0.3) is 5.91 Å². The van der Waals surface area contributed by atoms with E-state index in [0.29, 0.717) is 19.4 Å². The van der Waals surface area contributed by atoms with E-state index >= 15 is 0 Å². The minimum atomic E-state index is -3.88. The van der Waals surface area contributed by atoms with Gasteiger partial charge in [-0.2, -0.15) is 0 Å². The summed E-state index contributed by atoms with van der Waals surface area (Å²) in [5.74, 6) is -1.45. The second-order valence-electron chi connectivity index (χ2n) is 6.93. The summed E-state index contributed by atoms with van der Waals surface area (Å²) in [5, 5.41) is -0.0647. The molecule has 0 saturated carbocycles. The molecule has 0 aliphatic carbocycles. The Morgan fingerprint density at radius 1 is 1.33 bits per heavy atom. The Balaban J connectivity index is 2.10. The van der Waals surface area contributed by atoms with Gasteiger partial charge in [-0.25, -0.2) is 26.4 Å². The van der Waals surface area contributed by atoms with Crippen LogP contribution in [0.3, 0.4) is 0 Å². The minimum absolute atomic E-state index is 0.0286. The summed E-state index contributed by atoms with van der Waals surface area (Å²) < 4.78 is 54.7. The molecule has 0 spiro atoms. The molecule has 2 rings (SSSR count). The lowest BCUT2D eigenvalue weighted by atomic mass is 10.2. The number of hydrogen-bond acceptors (Lipinski definition) is 7. The van der Waals surface area contributed by atoms with Crippen molar-refractivity contribution >= 4 is 43.3 Å². The first kappa shape index (κ1) is 24.6. The van der Waals surface area contributed by atoms with E-state index in [0.717, 1.165) is 12.5 Å². The Kier molecular flexibility index (Phi) is 8.26. The second kappa shape index (κ2) is 10.1. The Morgan fingerprint density at radius 3 is 2.60 bits per heavy atom. The van der Waals surface area contributed by atoms with Crippen LogP contribution in [-0.2, 0) is 29.4 Å². The molecule has 12 heteroatoms. The number of hydrogen-bond donors (Lipinski definition) is 1. The number of esters is 1. The Bertz CT molecular complexity index is 1010. The number of halogens is 1. The van der Waals surface area contributed by atoms with Crippen molar-refractivity contribution in [3.63, 3.8) is 0 Å². The Labute approximate surface area is 181 Å². The average molecular weight is 481 g/mol. The number of carbonyl (C=O) groups is 2. The topological polar surface area (TPSA) is 127 Å². The van der Waals surface area contributed by atoms with Crippen LogP contribution in [-0.4, -0.2) is 71.4 Å². The molecule has 1 heterocycles. The maximum Gasteiger partial charge on any atom is 0.338 e. The highest BCUT2D eigenvalue weighted by molar-refractivity contribution is 7.91. The van der Waals surface area contributed by atoms with E-state index < -0.39 is 44.4 Å². The van der Waals surface area contributed by atoms with Crippen molar-refractivity contribution in [2.75, 3.05) is 31.7 Å². The van der Waals surface area contributed by atoms with Gasteiger partial charge in [0.15, 0.2) is 16.4 Å². The van der Waals surface area contributed by atoms with Gasteiger partial charge in [-0.05, 0) is 38.1 Å². The molecule has 1 N–H and O–H groups in total. The summed E-state index contributed by atoms with van der Waals surface area (Å²) in [4.78, 5) is 26.2. The van der Waals surface area contributed by atoms with Crippen molar-refractivity contribution in [3.8, 4) is 0 Å². The lowest BCUT2D eigenvalue weighted by Gasteiger charge is -2.28. The third-order valence-corrected chi connectivity index (χ3v) is 8.42. The van der Waals surface area contributed by atoms with Crippen LogP contribution in [0.15, 0.2) is 23.1 Å². The number of sulfone groups is 1. The highest BCUT2D eigenvalue weighted by atomic mass is 35.5. The van der Waals surface area contributed by atoms with Crippen molar-refractivity contribution in [2.45, 2.75) is 37.1 Å². The van der Waals surface area contributed by atoms with E-state index in [1.165, 1.54) is 24.1 Å². The predicted molar refractivity (Wildman–Crippen MR) is 112 cm³/mol. The van der Waals surface area contributed by atoms with Gasteiger partial charge >= 0.3 is 5.97 Å². The summed E-state index contributed by atoms with van der Waals surface area (Å²) in [5.41, 5.74) is -0.0791. The van der Waals surface area contributed by atoms with Gasteiger partial charge in [-0.15, -0.1) is 0 Å². The fraction of sp³-hybridized carbons (Fsp3) is 0.556. The summed E-state index contributed by atoms with van der Waals surface area (Å²) >= 11 is 5.90. The van der Waals surface area contributed by atoms with Gasteiger partial charge in [0.05, 0.1) is 22.1 Å². The molecular weight excluding hydrogens is 456 g/mol. The molecule has 1 atom stereocenters. The van der Waals surface area contributed by atoms with Crippen LogP contribution in [0, 0.1) is 0 Å². The lowest BCUT2D eigenvalue weighted by molar-refractivity contribution is -0.136. The molecule has 1 aromatic carbocycles. The van der Waals surface area contributed by atoms with Crippen LogP contribution >= 0.6 is 11.6 Å². The number of unbranched alkanes of at least 4 members (excludes halogenated alkanes) is 1. The molecule has 0 radical (unpaired) electrons. The van der Waals surface area contributed by atoms with E-state index in [-0.39, 0.29) is 27.0 Å². The molecular formula is C18H25ClN2O7S2. The molecule has 30 heavy (non-hydrogen) atoms. The summed E-state index contributed by atoms with van der Waals surface area (Å²) in [7, 11) is -5.85. The number of nitrogens with zero attached hydrogens (tertiary/aromatic N) is 1. The third-order valence-electron chi connectivity index (χ3n) is 4.77. The van der Waals surface area contributed by atoms with Crippen molar-refractivity contribution in [1.82, 2.24) is 9.62 Å². The number of amides is 1. The van der Waals surface area contributed by atoms with Crippen LogP contribution < -0.4 is 4.72 Å². The van der Waals surface area contributed by atoms with E-state index in [1.807, 2.05) is 6.92 Å². The summed E-state index contributed by atoms with van der Waals surface area (Å²) in [6.45, 7) is 1.75. The highest BCUT2D eigenvalue weighted by Crippen LogP contribution is 2.23. The van der Waals surface area contributed by atoms with Crippen LogP contribution in [0.25, 0.3) is 0 Å². The highest BCUT2D eigenvalue weighted by Gasteiger charge is 2.34. The monoisotopic (exact) mass is 480 g/mol. The van der Waals surface area contributed by atoms with Gasteiger partial charge in [0.2, 0.25) is 10.0 Å². The fourth-order valence-corrected chi connectivity index (χ4v) is 6.08. The van der Waals surface area contributed by atoms with Crippen molar-refractivity contribution in [1.29, 1.82) is 0 Å². The number of benzene rings is 1. The second-order valence-corrected chi connectivity index (χ2v) is 11.4. The van der Waals surface area contributed by atoms with E-state index in [9.17, 15) is 26.4 Å². The molecule has 0 bridgehead atoms. The maximum absolute atomic E-state index is 12.6. The SMILES string of the molecule is CCCCN(C(=O)COC(=O)c1ccc(Cl)c(S(=O)(=O)NC)c1)C1CCS(=O)(=O)C1. The molecule has 1 aliphatic rings. The smallest absolute Gasteiger partial charge is 0.338 e. The number of ether oxygens (including phenoxy) is 1. The molecule has 1 aliphatic heterocycles. The van der Waals surface area contributed by atoms with Crippen LogP contribution in [0.5, 0.6) is 0 Å². The summed E-state index contributed by atoms with van der Waals surface area (Å²) in [6.07, 6.45) is 1.86. The number of nitrogens with one attached hydrogen (secondary N) is 1. The molecule has 1 aromatic rings. The lowest BCUT2D eigenvalue weighted by Crippen LogP contribution is -2.43. The van der Waals surface area contributed by atoms with Gasteiger partial charge in [0.1, 0.15) is 4.90 Å². The first-order valence-corrected chi connectivity index (χ1v) is 13.1. The van der Waals surface area contributed by atoms with Crippen molar-refractivity contribution in [2.24, 2.45) is 0 Å². The van der Waals surface area contributed by atoms with Crippen molar-refractivity contribution in [3.05, 3.63) is 28.8 Å². The average Bonchev–Trinajstić information content (AvgIpc) is 3.06. The zero-order valence-corrected chi connectivity index (χ0v) is 19.1. The largest absolute Gasteiger partial charge is 0.452 e. The van der Waals surface area contributed by atoms with Crippen LogP contribution in [0.1, 0.15) is 36.5 Å². The van der Waals surface area contributed by atoms with Gasteiger partial charge in [-0.3, -0.25) is 4.79 Å². The molecule has 1 fully saturated rings. The Morgan fingerprint density at radius 2 is 2.03 bits per heavy atom. The van der Waals surface area contributed by atoms with Gasteiger partial charge in [0, 0.05) is 12.6 Å².